The second-order valence-electron chi connectivity index (χ2n) is 2.95. The third-order valence-electron chi connectivity index (χ3n) is 2.00. The molecule has 0 amide bonds. The summed E-state index contributed by atoms with van der Waals surface area (Å²) in [5, 5.41) is 2.43. The Kier molecular flexibility index (Phi) is 3.58. The Morgan fingerprint density at radius 1 is 0.438 bits per heavy atom. The van der Waals surface area contributed by atoms with Gasteiger partial charge in [0.2, 0.25) is 0 Å². The number of thioether (sulfide) groups is 8. The van der Waals surface area contributed by atoms with E-state index in [1.54, 1.807) is 16.9 Å². The van der Waals surface area contributed by atoms with Gasteiger partial charge in [0.15, 0.2) is 0 Å². The van der Waals surface area contributed by atoms with E-state index >= 15 is 0 Å². The first kappa shape index (κ1) is 11.8. The second kappa shape index (κ2) is 4.85. The predicted octanol–water partition coefficient (Wildman–Crippen LogP) is 6.20. The highest BCUT2D eigenvalue weighted by molar-refractivity contribution is 8.49. The number of hydrogen-bond acceptors (Lipinski definition) is 8. The molecule has 4 rings (SSSR count). The quantitative estimate of drug-likeness (QED) is 0.496. The van der Waals surface area contributed by atoms with Gasteiger partial charge in [-0.1, -0.05) is 47.0 Å². The second-order valence-corrected chi connectivity index (χ2v) is 13.3. The maximum atomic E-state index is 2.00. The molecule has 0 bridgehead atoms. The summed E-state index contributed by atoms with van der Waals surface area (Å²) in [6.45, 7) is 0. The van der Waals surface area contributed by atoms with Gasteiger partial charge in [0.1, 0.15) is 0 Å². The average Bonchev–Trinajstić information content (AvgIpc) is 2.94. The summed E-state index contributed by atoms with van der Waals surface area (Å²) >= 11 is 16.0. The third kappa shape index (κ3) is 2.05. The fraction of sp³-hybridized carbons (Fsp3) is 0.250. The van der Waals surface area contributed by atoms with E-state index in [9.17, 15) is 0 Å². The van der Waals surface area contributed by atoms with Gasteiger partial charge >= 0.3 is 0 Å². The summed E-state index contributed by atoms with van der Waals surface area (Å²) < 4.78 is 9.24. The van der Waals surface area contributed by atoms with Crippen molar-refractivity contribution in [1.29, 1.82) is 0 Å². The molecule has 0 aromatic carbocycles. The van der Waals surface area contributed by atoms with Crippen LogP contribution in [-0.2, 0) is 0 Å². The van der Waals surface area contributed by atoms with Gasteiger partial charge in [0.25, 0.3) is 0 Å². The zero-order chi connectivity index (χ0) is 10.5. The molecule has 16 heavy (non-hydrogen) atoms. The normalized spacial score (nSPS) is 28.5. The Morgan fingerprint density at radius 3 is 1.06 bits per heavy atom. The first-order valence-electron chi connectivity index (χ1n) is 4.35. The summed E-state index contributed by atoms with van der Waals surface area (Å²) in [6, 6.07) is 0. The molecular formula is C8H4S8. The Balaban J connectivity index is 1.56. The molecule has 0 unspecified atom stereocenters. The smallest absolute Gasteiger partial charge is 0.0717 e. The van der Waals surface area contributed by atoms with Crippen LogP contribution >= 0.6 is 94.1 Å². The van der Waals surface area contributed by atoms with Crippen LogP contribution in [0.25, 0.3) is 0 Å². The Bertz CT molecular complexity index is 381. The molecule has 0 radical (unpaired) electrons. The van der Waals surface area contributed by atoms with Crippen LogP contribution in [0.4, 0.5) is 0 Å². The van der Waals surface area contributed by atoms with E-state index in [-0.39, 0.29) is 0 Å². The van der Waals surface area contributed by atoms with E-state index in [1.807, 2.05) is 94.1 Å². The SMILES string of the molecule is C1SC2=C(S1)SC(=C1SC3=C(SCS3)S1)S2. The molecule has 0 aromatic rings. The van der Waals surface area contributed by atoms with E-state index in [2.05, 4.69) is 0 Å². The Labute approximate surface area is 128 Å². The van der Waals surface area contributed by atoms with Gasteiger partial charge < -0.3 is 0 Å². The first-order valence-corrected chi connectivity index (χ1v) is 11.6. The Hall–Kier alpha value is 2.02. The van der Waals surface area contributed by atoms with E-state index in [1.165, 1.54) is 18.6 Å². The fourth-order valence-corrected chi connectivity index (χ4v) is 14.4. The van der Waals surface area contributed by atoms with Crippen LogP contribution in [0.3, 0.4) is 0 Å². The number of rotatable bonds is 0. The van der Waals surface area contributed by atoms with Crippen molar-refractivity contribution in [2.75, 3.05) is 10.2 Å². The molecule has 84 valence electrons. The molecule has 4 aliphatic heterocycles. The maximum Gasteiger partial charge on any atom is 0.0717 e. The minimum absolute atomic E-state index is 1.22. The molecular weight excluding hydrogens is 353 g/mol. The summed E-state index contributed by atoms with van der Waals surface area (Å²) in [6.07, 6.45) is 0. The molecule has 8 heteroatoms. The zero-order valence-electron chi connectivity index (χ0n) is 7.68. The van der Waals surface area contributed by atoms with Gasteiger partial charge in [-0.25, -0.2) is 0 Å². The average molecular weight is 357 g/mol. The van der Waals surface area contributed by atoms with Crippen LogP contribution in [0, 0.1) is 0 Å². The third-order valence-corrected chi connectivity index (χ3v) is 13.8. The summed E-state index contributed by atoms with van der Waals surface area (Å²) in [4.78, 5) is 0. The molecule has 0 saturated heterocycles. The van der Waals surface area contributed by atoms with E-state index in [0.717, 1.165) is 0 Å². The van der Waals surface area contributed by atoms with Crippen molar-refractivity contribution >= 4 is 94.1 Å². The van der Waals surface area contributed by atoms with E-state index in [4.69, 9.17) is 0 Å². The van der Waals surface area contributed by atoms with Crippen LogP contribution in [0.1, 0.15) is 0 Å². The monoisotopic (exact) mass is 356 g/mol. The highest BCUT2D eigenvalue weighted by Crippen LogP contribution is 2.69. The number of hydrogen-bond donors (Lipinski definition) is 0. The van der Waals surface area contributed by atoms with Gasteiger partial charge in [0.05, 0.1) is 25.4 Å². The highest BCUT2D eigenvalue weighted by Gasteiger charge is 2.34. The topological polar surface area (TPSA) is 0 Å². The minimum atomic E-state index is 1.22. The predicted molar refractivity (Wildman–Crippen MR) is 91.5 cm³/mol. The molecule has 0 nitrogen and oxygen atoms in total. The molecule has 4 heterocycles. The summed E-state index contributed by atoms with van der Waals surface area (Å²) in [5.74, 6) is 0. The molecule has 4 aliphatic rings. The van der Waals surface area contributed by atoms with Crippen molar-refractivity contribution < 1.29 is 0 Å². The van der Waals surface area contributed by atoms with Crippen molar-refractivity contribution in [2.24, 2.45) is 0 Å². The van der Waals surface area contributed by atoms with Crippen molar-refractivity contribution in [2.45, 2.75) is 0 Å². The molecule has 0 atom stereocenters. The molecule has 0 fully saturated rings. The highest BCUT2D eigenvalue weighted by atomic mass is 32.3. The fourth-order valence-electron chi connectivity index (χ4n) is 1.34. The maximum absolute atomic E-state index is 2.00. The van der Waals surface area contributed by atoms with Gasteiger partial charge in [-0.3, -0.25) is 0 Å². The van der Waals surface area contributed by atoms with Crippen molar-refractivity contribution in [3.05, 3.63) is 25.4 Å². The Morgan fingerprint density at radius 2 is 0.750 bits per heavy atom. The van der Waals surface area contributed by atoms with Crippen LogP contribution < -0.4 is 0 Å². The summed E-state index contributed by atoms with van der Waals surface area (Å²) in [5.41, 5.74) is 0. The van der Waals surface area contributed by atoms with Crippen LogP contribution in [0.2, 0.25) is 0 Å². The lowest BCUT2D eigenvalue weighted by molar-refractivity contribution is 2.30. The zero-order valence-corrected chi connectivity index (χ0v) is 14.2. The molecule has 0 spiro atoms. The van der Waals surface area contributed by atoms with E-state index < -0.39 is 0 Å². The standard InChI is InChI=1S/C8H4S8/c1-9-3-4(10-1)14-7(13-3)8-15-5-6(16-8)12-2-11-5/h1-2H2. The largest absolute Gasteiger partial charge is 0.106 e. The molecule has 0 aliphatic carbocycles. The van der Waals surface area contributed by atoms with E-state index in [0.29, 0.717) is 0 Å². The molecule has 0 saturated carbocycles. The minimum Gasteiger partial charge on any atom is -0.106 e. The molecule has 0 aromatic heterocycles. The van der Waals surface area contributed by atoms with Gasteiger partial charge in [-0.15, -0.1) is 47.0 Å². The van der Waals surface area contributed by atoms with Crippen LogP contribution in [0.5, 0.6) is 0 Å². The first-order chi connectivity index (χ1) is 7.90. The lowest BCUT2D eigenvalue weighted by Gasteiger charge is -2.04. The van der Waals surface area contributed by atoms with Gasteiger partial charge in [0, 0.05) is 10.2 Å². The van der Waals surface area contributed by atoms with Gasteiger partial charge in [-0.2, -0.15) is 0 Å². The van der Waals surface area contributed by atoms with Crippen molar-refractivity contribution in [3.63, 3.8) is 0 Å². The van der Waals surface area contributed by atoms with Crippen LogP contribution in [-0.4, -0.2) is 10.2 Å². The summed E-state index contributed by atoms with van der Waals surface area (Å²) in [7, 11) is 0. The van der Waals surface area contributed by atoms with Crippen molar-refractivity contribution in [3.8, 4) is 0 Å². The molecule has 0 N–H and O–H groups in total. The van der Waals surface area contributed by atoms with Crippen LogP contribution in [0.15, 0.2) is 25.4 Å². The lowest BCUT2D eigenvalue weighted by atomic mass is 11.2. The lowest BCUT2D eigenvalue weighted by Crippen LogP contribution is -1.71. The van der Waals surface area contributed by atoms with Crippen molar-refractivity contribution in [1.82, 2.24) is 0 Å². The van der Waals surface area contributed by atoms with Gasteiger partial charge in [-0.05, 0) is 0 Å².